The standard InChI is InChI=1S/C23H24FN5O/c1-29-11-3-4-17(14-29)23-27-21(16-7-9-19(10-8-16)25-15-30)13-22(28-23)26-20-6-2-5-18(24)12-20/h2,5-10,12-13,15,17H,3-4,11,14H2,1H3,(H,25,30)(H,26,27,28). The number of nitrogens with zero attached hydrogens (tertiary/aromatic N) is 3. The van der Waals surface area contributed by atoms with Crippen LogP contribution < -0.4 is 10.6 Å². The van der Waals surface area contributed by atoms with Crippen LogP contribution in [0.25, 0.3) is 11.3 Å². The third kappa shape index (κ3) is 4.80. The highest BCUT2D eigenvalue weighted by molar-refractivity contribution is 5.74. The van der Waals surface area contributed by atoms with Crippen molar-refractivity contribution in [1.82, 2.24) is 14.9 Å². The van der Waals surface area contributed by atoms with Gasteiger partial charge in [-0.15, -0.1) is 0 Å². The summed E-state index contributed by atoms with van der Waals surface area (Å²) in [6.45, 7) is 1.99. The van der Waals surface area contributed by atoms with Gasteiger partial charge in [0, 0.05) is 35.5 Å². The van der Waals surface area contributed by atoms with Crippen molar-refractivity contribution in [3.8, 4) is 11.3 Å². The molecule has 3 aromatic rings. The van der Waals surface area contributed by atoms with Gasteiger partial charge in [-0.05, 0) is 56.8 Å². The van der Waals surface area contributed by atoms with Crippen LogP contribution in [0.2, 0.25) is 0 Å². The molecule has 0 spiro atoms. The summed E-state index contributed by atoms with van der Waals surface area (Å²) in [5.74, 6) is 1.35. The van der Waals surface area contributed by atoms with Gasteiger partial charge in [-0.3, -0.25) is 4.79 Å². The summed E-state index contributed by atoms with van der Waals surface area (Å²) in [7, 11) is 2.11. The predicted molar refractivity (Wildman–Crippen MR) is 116 cm³/mol. The maximum atomic E-state index is 13.6. The monoisotopic (exact) mass is 405 g/mol. The van der Waals surface area contributed by atoms with Crippen LogP contribution in [0.5, 0.6) is 0 Å². The van der Waals surface area contributed by atoms with Gasteiger partial charge in [-0.2, -0.15) is 0 Å². The fourth-order valence-electron chi connectivity index (χ4n) is 3.76. The normalized spacial score (nSPS) is 16.8. The van der Waals surface area contributed by atoms with Gasteiger partial charge in [0.25, 0.3) is 0 Å². The number of benzene rings is 2. The van der Waals surface area contributed by atoms with Crippen molar-refractivity contribution in [2.75, 3.05) is 30.8 Å². The quantitative estimate of drug-likeness (QED) is 0.595. The second-order valence-electron chi connectivity index (χ2n) is 7.57. The molecule has 1 aliphatic heterocycles. The molecule has 1 unspecified atom stereocenters. The first-order chi connectivity index (χ1) is 14.6. The van der Waals surface area contributed by atoms with Gasteiger partial charge in [-0.1, -0.05) is 18.2 Å². The molecule has 30 heavy (non-hydrogen) atoms. The van der Waals surface area contributed by atoms with E-state index in [4.69, 9.17) is 9.97 Å². The number of carbonyl (C=O) groups excluding carboxylic acids is 1. The van der Waals surface area contributed by atoms with Gasteiger partial charge in [0.2, 0.25) is 6.41 Å². The number of carbonyl (C=O) groups is 1. The zero-order chi connectivity index (χ0) is 20.9. The first-order valence-corrected chi connectivity index (χ1v) is 10.0. The zero-order valence-corrected chi connectivity index (χ0v) is 16.8. The summed E-state index contributed by atoms with van der Waals surface area (Å²) in [6, 6.07) is 15.7. The van der Waals surface area contributed by atoms with Gasteiger partial charge >= 0.3 is 0 Å². The third-order valence-corrected chi connectivity index (χ3v) is 5.24. The molecule has 6 nitrogen and oxygen atoms in total. The number of halogens is 1. The summed E-state index contributed by atoms with van der Waals surface area (Å²) in [5.41, 5.74) is 3.05. The number of hydrogen-bond acceptors (Lipinski definition) is 5. The molecule has 7 heteroatoms. The molecule has 2 N–H and O–H groups in total. The third-order valence-electron chi connectivity index (χ3n) is 5.24. The number of rotatable bonds is 6. The predicted octanol–water partition coefficient (Wildman–Crippen LogP) is 4.40. The van der Waals surface area contributed by atoms with E-state index < -0.39 is 0 Å². The van der Waals surface area contributed by atoms with Crippen LogP contribution in [0.1, 0.15) is 24.6 Å². The highest BCUT2D eigenvalue weighted by Gasteiger charge is 2.22. The molecule has 1 aromatic heterocycles. The van der Waals surface area contributed by atoms with Crippen LogP contribution in [-0.2, 0) is 4.79 Å². The Labute approximate surface area is 175 Å². The van der Waals surface area contributed by atoms with Crippen LogP contribution in [0.4, 0.5) is 21.6 Å². The summed E-state index contributed by atoms with van der Waals surface area (Å²) < 4.78 is 13.6. The van der Waals surface area contributed by atoms with E-state index in [1.165, 1.54) is 12.1 Å². The highest BCUT2D eigenvalue weighted by atomic mass is 19.1. The smallest absolute Gasteiger partial charge is 0.211 e. The van der Waals surface area contributed by atoms with Gasteiger partial charge < -0.3 is 15.5 Å². The van der Waals surface area contributed by atoms with E-state index in [9.17, 15) is 9.18 Å². The van der Waals surface area contributed by atoms with E-state index in [2.05, 4.69) is 22.6 Å². The minimum absolute atomic E-state index is 0.243. The number of aromatic nitrogens is 2. The molecule has 1 fully saturated rings. The zero-order valence-electron chi connectivity index (χ0n) is 16.8. The van der Waals surface area contributed by atoms with Crippen LogP contribution in [0.15, 0.2) is 54.6 Å². The maximum Gasteiger partial charge on any atom is 0.211 e. The van der Waals surface area contributed by atoms with E-state index in [1.54, 1.807) is 12.1 Å². The summed E-state index contributed by atoms with van der Waals surface area (Å²) in [6.07, 6.45) is 2.79. The molecule has 4 rings (SSSR count). The lowest BCUT2D eigenvalue weighted by Crippen LogP contribution is -2.31. The molecular formula is C23H24FN5O. The van der Waals surface area contributed by atoms with Crippen molar-refractivity contribution in [3.63, 3.8) is 0 Å². The number of piperidine rings is 1. The number of amides is 1. The number of likely N-dealkylation sites (N-methyl/N-ethyl adjacent to an activating group) is 1. The van der Waals surface area contributed by atoms with Gasteiger partial charge in [-0.25, -0.2) is 14.4 Å². The minimum Gasteiger partial charge on any atom is -0.340 e. The second kappa shape index (κ2) is 9.00. The summed E-state index contributed by atoms with van der Waals surface area (Å²) in [5, 5.41) is 5.85. The van der Waals surface area contributed by atoms with Crippen LogP contribution in [0.3, 0.4) is 0 Å². The van der Waals surface area contributed by atoms with E-state index in [0.717, 1.165) is 48.7 Å². The van der Waals surface area contributed by atoms with Crippen LogP contribution in [0, 0.1) is 5.82 Å². The van der Waals surface area contributed by atoms with E-state index >= 15 is 0 Å². The van der Waals surface area contributed by atoms with Crippen molar-refractivity contribution < 1.29 is 9.18 Å². The van der Waals surface area contributed by atoms with Crippen LogP contribution in [-0.4, -0.2) is 41.4 Å². The molecule has 1 amide bonds. The van der Waals surface area contributed by atoms with Crippen molar-refractivity contribution in [3.05, 3.63) is 66.2 Å². The minimum atomic E-state index is -0.304. The number of likely N-dealkylation sites (tertiary alicyclic amines) is 1. The Morgan fingerprint density at radius 2 is 1.93 bits per heavy atom. The molecule has 0 radical (unpaired) electrons. The van der Waals surface area contributed by atoms with Crippen LogP contribution >= 0.6 is 0 Å². The Hall–Kier alpha value is -3.32. The molecular weight excluding hydrogens is 381 g/mol. The van der Waals surface area contributed by atoms with Gasteiger partial charge in [0.15, 0.2) is 0 Å². The molecule has 2 aromatic carbocycles. The summed E-state index contributed by atoms with van der Waals surface area (Å²) >= 11 is 0. The molecule has 154 valence electrons. The first kappa shape index (κ1) is 20.0. The Bertz CT molecular complexity index is 1020. The Balaban J connectivity index is 1.70. The summed E-state index contributed by atoms with van der Waals surface area (Å²) in [4.78, 5) is 22.6. The van der Waals surface area contributed by atoms with Crippen molar-refractivity contribution in [2.45, 2.75) is 18.8 Å². The second-order valence-corrected chi connectivity index (χ2v) is 7.57. The Morgan fingerprint density at radius 1 is 1.10 bits per heavy atom. The Morgan fingerprint density at radius 3 is 2.67 bits per heavy atom. The van der Waals surface area contributed by atoms with Gasteiger partial charge in [0.1, 0.15) is 17.5 Å². The van der Waals surface area contributed by atoms with Gasteiger partial charge in [0.05, 0.1) is 5.69 Å². The maximum absolute atomic E-state index is 13.6. The lowest BCUT2D eigenvalue weighted by atomic mass is 9.97. The number of nitrogens with one attached hydrogen (secondary N) is 2. The SMILES string of the molecule is CN1CCCC(c2nc(Nc3cccc(F)c3)cc(-c3ccc(NC=O)cc3)n2)C1. The van der Waals surface area contributed by atoms with E-state index in [-0.39, 0.29) is 11.7 Å². The van der Waals surface area contributed by atoms with Crippen molar-refractivity contribution in [2.24, 2.45) is 0 Å². The fraction of sp³-hybridized carbons (Fsp3) is 0.261. The van der Waals surface area contributed by atoms with Crippen molar-refractivity contribution >= 4 is 23.6 Å². The molecule has 2 heterocycles. The average Bonchev–Trinajstić information content (AvgIpc) is 2.74. The average molecular weight is 405 g/mol. The van der Waals surface area contributed by atoms with E-state index in [0.29, 0.717) is 17.9 Å². The number of hydrogen-bond donors (Lipinski definition) is 2. The number of anilines is 3. The lowest BCUT2D eigenvalue weighted by molar-refractivity contribution is -0.105. The van der Waals surface area contributed by atoms with Crippen molar-refractivity contribution in [1.29, 1.82) is 0 Å². The molecule has 0 bridgehead atoms. The first-order valence-electron chi connectivity index (χ1n) is 10.0. The van der Waals surface area contributed by atoms with E-state index in [1.807, 2.05) is 30.3 Å². The molecule has 1 saturated heterocycles. The molecule has 0 saturated carbocycles. The largest absolute Gasteiger partial charge is 0.340 e. The molecule has 1 aliphatic rings. The lowest BCUT2D eigenvalue weighted by Gasteiger charge is -2.29. The molecule has 1 atom stereocenters. The topological polar surface area (TPSA) is 70.2 Å². The molecule has 0 aliphatic carbocycles. The fourth-order valence-corrected chi connectivity index (χ4v) is 3.76. The Kier molecular flexibility index (Phi) is 5.99. The highest BCUT2D eigenvalue weighted by Crippen LogP contribution is 2.29.